The van der Waals surface area contributed by atoms with Crippen molar-refractivity contribution in [1.29, 1.82) is 0 Å². The molecule has 0 spiro atoms. The molecule has 0 fully saturated rings. The fourth-order valence-corrected chi connectivity index (χ4v) is 0.321. The molecule has 9 heavy (non-hydrogen) atoms. The number of allylic oxidation sites excluding steroid dienone is 1. The highest BCUT2D eigenvalue weighted by Crippen LogP contribution is 2.29. The van der Waals surface area contributed by atoms with E-state index in [2.05, 4.69) is 15.9 Å². The van der Waals surface area contributed by atoms with Gasteiger partial charge in [-0.05, 0) is 22.0 Å². The Morgan fingerprint density at radius 1 is 1.56 bits per heavy atom. The van der Waals surface area contributed by atoms with Crippen LogP contribution in [0.2, 0.25) is 0 Å². The summed E-state index contributed by atoms with van der Waals surface area (Å²) in [6.45, 7) is -0.861. The Labute approximate surface area is 58.3 Å². The molecule has 0 aliphatic rings. The Kier molecular flexibility index (Phi) is 3.21. The normalized spacial score (nSPS) is 14.1. The van der Waals surface area contributed by atoms with Crippen molar-refractivity contribution in [2.45, 2.75) is 6.18 Å². The van der Waals surface area contributed by atoms with Crippen LogP contribution in [-0.2, 0) is 5.11 Å². The van der Waals surface area contributed by atoms with Gasteiger partial charge in [0.25, 0.3) is 0 Å². The third-order valence-corrected chi connectivity index (χ3v) is 1.31. The van der Waals surface area contributed by atoms with Crippen LogP contribution in [0.25, 0.3) is 0 Å². The fourth-order valence-electron chi connectivity index (χ4n) is 0.189. The van der Waals surface area contributed by atoms with Crippen LogP contribution < -0.4 is 0 Å². The van der Waals surface area contributed by atoms with Gasteiger partial charge in [0.1, 0.15) is 6.61 Å². The van der Waals surface area contributed by atoms with E-state index in [-0.39, 0.29) is 0 Å². The summed E-state index contributed by atoms with van der Waals surface area (Å²) in [5.41, 5.74) is 0. The SMILES string of the molecule is [O]C/C=C(\Br)C(F)(F)F. The lowest BCUT2D eigenvalue weighted by atomic mass is 10.5. The summed E-state index contributed by atoms with van der Waals surface area (Å²) in [5.74, 6) is 0. The molecule has 0 aromatic rings. The van der Waals surface area contributed by atoms with Gasteiger partial charge in [0, 0.05) is 0 Å². The highest BCUT2D eigenvalue weighted by Gasteiger charge is 2.31. The van der Waals surface area contributed by atoms with Crippen LogP contribution in [0.5, 0.6) is 0 Å². The topological polar surface area (TPSA) is 19.9 Å². The second kappa shape index (κ2) is 3.22. The monoisotopic (exact) mass is 203 g/mol. The minimum Gasteiger partial charge on any atom is -0.232 e. The van der Waals surface area contributed by atoms with Crippen molar-refractivity contribution in [2.75, 3.05) is 6.61 Å². The van der Waals surface area contributed by atoms with Crippen molar-refractivity contribution in [3.63, 3.8) is 0 Å². The van der Waals surface area contributed by atoms with Gasteiger partial charge in [-0.1, -0.05) is 0 Å². The van der Waals surface area contributed by atoms with E-state index < -0.39 is 17.3 Å². The van der Waals surface area contributed by atoms with Crippen molar-refractivity contribution in [2.24, 2.45) is 0 Å². The summed E-state index contributed by atoms with van der Waals surface area (Å²) >= 11 is 2.19. The number of alkyl halides is 3. The molecule has 53 valence electrons. The van der Waals surface area contributed by atoms with E-state index in [0.29, 0.717) is 6.08 Å². The number of hydrogen-bond acceptors (Lipinski definition) is 0. The molecule has 5 heteroatoms. The van der Waals surface area contributed by atoms with Gasteiger partial charge in [0.2, 0.25) is 0 Å². The Hall–Kier alpha value is -0.0300. The number of rotatable bonds is 1. The van der Waals surface area contributed by atoms with Crippen LogP contribution in [0.4, 0.5) is 13.2 Å². The van der Waals surface area contributed by atoms with Gasteiger partial charge in [-0.25, -0.2) is 5.11 Å². The summed E-state index contributed by atoms with van der Waals surface area (Å²) in [6, 6.07) is 0. The molecular weight excluding hydrogens is 201 g/mol. The van der Waals surface area contributed by atoms with Gasteiger partial charge in [0.15, 0.2) is 0 Å². The molecule has 0 aromatic carbocycles. The molecule has 1 nitrogen and oxygen atoms in total. The minimum atomic E-state index is -4.41. The molecule has 0 heterocycles. The standard InChI is InChI=1S/C4H3BrF3O/c5-3(1-2-9)4(6,7)8/h1H,2H2/b3-1-. The lowest BCUT2D eigenvalue weighted by molar-refractivity contribution is -0.0834. The predicted octanol–water partition coefficient (Wildman–Crippen LogP) is 2.26. The van der Waals surface area contributed by atoms with E-state index in [4.69, 9.17) is 0 Å². The minimum absolute atomic E-state index is 0.528. The fraction of sp³-hybridized carbons (Fsp3) is 0.500. The average Bonchev–Trinajstić information content (AvgIpc) is 1.64. The van der Waals surface area contributed by atoms with Gasteiger partial charge in [0.05, 0.1) is 4.48 Å². The molecule has 0 aromatic heterocycles. The highest BCUT2D eigenvalue weighted by molar-refractivity contribution is 9.11. The first-order valence-electron chi connectivity index (χ1n) is 1.99. The summed E-state index contributed by atoms with van der Waals surface area (Å²) in [5, 5.41) is 9.58. The molecule has 0 bridgehead atoms. The van der Waals surface area contributed by atoms with Gasteiger partial charge < -0.3 is 0 Å². The number of halogens is 4. The molecule has 0 saturated carbocycles. The quantitative estimate of drug-likeness (QED) is 0.624. The summed E-state index contributed by atoms with van der Waals surface area (Å²) in [4.78, 5) is 0. The van der Waals surface area contributed by atoms with Gasteiger partial charge in [-0.2, -0.15) is 13.2 Å². The zero-order valence-electron chi connectivity index (χ0n) is 4.20. The van der Waals surface area contributed by atoms with Crippen molar-refractivity contribution < 1.29 is 18.3 Å². The second-order valence-electron chi connectivity index (χ2n) is 1.22. The first kappa shape index (κ1) is 8.97. The molecule has 0 aliphatic carbocycles. The first-order valence-corrected chi connectivity index (χ1v) is 2.78. The first-order chi connectivity index (χ1) is 3.98. The third kappa shape index (κ3) is 3.53. The Morgan fingerprint density at radius 3 is 2.11 bits per heavy atom. The summed E-state index contributed by atoms with van der Waals surface area (Å²) < 4.78 is 33.1. The lowest BCUT2D eigenvalue weighted by Crippen LogP contribution is -2.06. The van der Waals surface area contributed by atoms with Gasteiger partial charge in [-0.3, -0.25) is 0 Å². The summed E-state index contributed by atoms with van der Waals surface area (Å²) in [7, 11) is 0. The van der Waals surface area contributed by atoms with Crippen LogP contribution in [0.3, 0.4) is 0 Å². The average molecular weight is 204 g/mol. The van der Waals surface area contributed by atoms with E-state index in [0.717, 1.165) is 0 Å². The molecule has 0 atom stereocenters. The predicted molar refractivity (Wildman–Crippen MR) is 28.6 cm³/mol. The lowest BCUT2D eigenvalue weighted by Gasteiger charge is -2.01. The zero-order chi connectivity index (χ0) is 7.49. The second-order valence-corrected chi connectivity index (χ2v) is 2.07. The smallest absolute Gasteiger partial charge is 0.232 e. The molecule has 0 saturated heterocycles. The maximum absolute atomic E-state index is 11.4. The van der Waals surface area contributed by atoms with Crippen LogP contribution in [0.1, 0.15) is 0 Å². The maximum atomic E-state index is 11.4. The van der Waals surface area contributed by atoms with Crippen molar-refractivity contribution >= 4 is 15.9 Å². The van der Waals surface area contributed by atoms with E-state index in [1.165, 1.54) is 0 Å². The summed E-state index contributed by atoms with van der Waals surface area (Å²) in [6.07, 6.45) is -3.88. The molecule has 0 amide bonds. The van der Waals surface area contributed by atoms with Crippen LogP contribution in [0, 0.1) is 0 Å². The largest absolute Gasteiger partial charge is 0.422 e. The Morgan fingerprint density at radius 2 is 2.00 bits per heavy atom. The zero-order valence-corrected chi connectivity index (χ0v) is 5.79. The third-order valence-electron chi connectivity index (χ3n) is 0.533. The Balaban J connectivity index is 4.03. The van der Waals surface area contributed by atoms with Crippen molar-refractivity contribution in [3.05, 3.63) is 10.6 Å². The molecule has 0 aliphatic heterocycles. The van der Waals surface area contributed by atoms with Gasteiger partial charge >= 0.3 is 6.18 Å². The molecule has 0 rings (SSSR count). The van der Waals surface area contributed by atoms with E-state index in [9.17, 15) is 18.3 Å². The molecular formula is C4H3BrF3O. The molecule has 0 N–H and O–H groups in total. The van der Waals surface area contributed by atoms with E-state index >= 15 is 0 Å². The van der Waals surface area contributed by atoms with E-state index in [1.54, 1.807) is 0 Å². The maximum Gasteiger partial charge on any atom is 0.422 e. The highest BCUT2D eigenvalue weighted by atomic mass is 79.9. The van der Waals surface area contributed by atoms with E-state index in [1.807, 2.05) is 0 Å². The van der Waals surface area contributed by atoms with Crippen LogP contribution in [-0.4, -0.2) is 12.8 Å². The van der Waals surface area contributed by atoms with Gasteiger partial charge in [-0.15, -0.1) is 0 Å². The van der Waals surface area contributed by atoms with Crippen LogP contribution in [0.15, 0.2) is 10.6 Å². The van der Waals surface area contributed by atoms with Crippen LogP contribution >= 0.6 is 15.9 Å². The van der Waals surface area contributed by atoms with Crippen molar-refractivity contribution in [1.82, 2.24) is 0 Å². The molecule has 1 radical (unpaired) electrons. The van der Waals surface area contributed by atoms with Crippen molar-refractivity contribution in [3.8, 4) is 0 Å². The Bertz CT molecular complexity index is 117. The molecule has 0 unspecified atom stereocenters. The number of hydrogen-bond donors (Lipinski definition) is 0.